The van der Waals surface area contributed by atoms with E-state index in [2.05, 4.69) is 4.18 Å². The molecule has 6 nitrogen and oxygen atoms in total. The largest absolute Gasteiger partial charge is 0.534 e. The average Bonchev–Trinajstić information content (AvgIpc) is 2.53. The van der Waals surface area contributed by atoms with Gasteiger partial charge in [-0.3, -0.25) is 4.79 Å². The summed E-state index contributed by atoms with van der Waals surface area (Å²) in [5.74, 6) is -0.426. The highest BCUT2D eigenvalue weighted by molar-refractivity contribution is 7.87. The first-order valence-corrected chi connectivity index (χ1v) is 9.48. The molecule has 0 aromatic heterocycles. The van der Waals surface area contributed by atoms with Gasteiger partial charge >= 0.3 is 21.6 Å². The zero-order chi connectivity index (χ0) is 20.9. The SMILES string of the molecule is CC(C)(C)C(=O)OCC1(CC/C=C\OS(=O)(=O)C(F)(F)F)C=CC(O)C=C1. The van der Waals surface area contributed by atoms with Gasteiger partial charge in [0.25, 0.3) is 0 Å². The Morgan fingerprint density at radius 2 is 1.78 bits per heavy atom. The maximum Gasteiger partial charge on any atom is 0.534 e. The zero-order valence-electron chi connectivity index (χ0n) is 15.2. The van der Waals surface area contributed by atoms with Gasteiger partial charge in [-0.2, -0.15) is 21.6 Å². The van der Waals surface area contributed by atoms with Crippen molar-refractivity contribution in [2.45, 2.75) is 45.2 Å². The van der Waals surface area contributed by atoms with Gasteiger partial charge < -0.3 is 14.0 Å². The summed E-state index contributed by atoms with van der Waals surface area (Å²) in [7, 11) is -5.68. The Balaban J connectivity index is 2.72. The van der Waals surface area contributed by atoms with Gasteiger partial charge in [0.1, 0.15) is 12.9 Å². The number of esters is 1. The summed E-state index contributed by atoms with van der Waals surface area (Å²) in [6.45, 7) is 5.05. The van der Waals surface area contributed by atoms with Crippen molar-refractivity contribution in [2.24, 2.45) is 10.8 Å². The first kappa shape index (κ1) is 23.2. The number of rotatable bonds is 7. The van der Waals surface area contributed by atoms with Crippen LogP contribution in [0.5, 0.6) is 0 Å². The molecular weight excluding hydrogens is 389 g/mol. The summed E-state index contributed by atoms with van der Waals surface area (Å²) in [4.78, 5) is 12.0. The van der Waals surface area contributed by atoms with Crippen molar-refractivity contribution in [1.82, 2.24) is 0 Å². The lowest BCUT2D eigenvalue weighted by Gasteiger charge is -2.30. The first-order valence-electron chi connectivity index (χ1n) is 8.07. The molecule has 0 aliphatic heterocycles. The van der Waals surface area contributed by atoms with Crippen LogP contribution in [0.3, 0.4) is 0 Å². The van der Waals surface area contributed by atoms with Gasteiger partial charge in [-0.25, -0.2) is 0 Å². The predicted octanol–water partition coefficient (Wildman–Crippen LogP) is 3.21. The number of hydrogen-bond donors (Lipinski definition) is 1. The molecule has 0 radical (unpaired) electrons. The molecule has 27 heavy (non-hydrogen) atoms. The molecule has 1 aliphatic rings. The minimum atomic E-state index is -5.68. The third-order valence-corrected chi connectivity index (χ3v) is 4.60. The van der Waals surface area contributed by atoms with Crippen LogP contribution in [0.4, 0.5) is 13.2 Å². The lowest BCUT2D eigenvalue weighted by molar-refractivity contribution is -0.155. The molecule has 154 valence electrons. The van der Waals surface area contributed by atoms with Crippen molar-refractivity contribution in [3.8, 4) is 0 Å². The van der Waals surface area contributed by atoms with Crippen molar-refractivity contribution >= 4 is 16.1 Å². The molecule has 0 saturated heterocycles. The molecule has 1 rings (SSSR count). The Bertz CT molecular complexity index is 700. The minimum Gasteiger partial charge on any atom is -0.464 e. The van der Waals surface area contributed by atoms with Crippen LogP contribution in [0.2, 0.25) is 0 Å². The van der Waals surface area contributed by atoms with E-state index in [1.807, 2.05) is 0 Å². The van der Waals surface area contributed by atoms with Crippen LogP contribution in [-0.4, -0.2) is 37.7 Å². The molecular formula is C17H23F3O6S. The van der Waals surface area contributed by atoms with Crippen LogP contribution >= 0.6 is 0 Å². The number of ether oxygens (including phenoxy) is 1. The number of carbonyl (C=O) groups is 1. The van der Waals surface area contributed by atoms with Crippen LogP contribution in [0.1, 0.15) is 33.6 Å². The molecule has 0 aromatic rings. The Hall–Kier alpha value is -1.81. The number of carbonyl (C=O) groups excluding carboxylic acids is 1. The van der Waals surface area contributed by atoms with Crippen LogP contribution < -0.4 is 0 Å². The highest BCUT2D eigenvalue weighted by Gasteiger charge is 2.47. The summed E-state index contributed by atoms with van der Waals surface area (Å²) < 4.78 is 67.2. The Kier molecular flexibility index (Phi) is 7.29. The van der Waals surface area contributed by atoms with Crippen LogP contribution in [0.25, 0.3) is 0 Å². The Morgan fingerprint density at radius 1 is 1.22 bits per heavy atom. The minimum absolute atomic E-state index is 0.0294. The van der Waals surface area contributed by atoms with E-state index in [-0.39, 0.29) is 19.4 Å². The number of aliphatic hydroxyl groups is 1. The topological polar surface area (TPSA) is 89.9 Å². The zero-order valence-corrected chi connectivity index (χ0v) is 16.0. The van der Waals surface area contributed by atoms with Crippen LogP contribution in [0, 0.1) is 10.8 Å². The highest BCUT2D eigenvalue weighted by Crippen LogP contribution is 2.33. The monoisotopic (exact) mass is 412 g/mol. The molecule has 0 aromatic carbocycles. The van der Waals surface area contributed by atoms with Crippen molar-refractivity contribution in [2.75, 3.05) is 6.61 Å². The number of allylic oxidation sites excluding steroid dienone is 1. The van der Waals surface area contributed by atoms with Gasteiger partial charge in [0, 0.05) is 5.41 Å². The van der Waals surface area contributed by atoms with Gasteiger partial charge in [0.2, 0.25) is 0 Å². The molecule has 0 unspecified atom stereocenters. The molecule has 0 saturated carbocycles. The fourth-order valence-corrected chi connectivity index (χ4v) is 2.37. The van der Waals surface area contributed by atoms with E-state index in [9.17, 15) is 31.5 Å². The van der Waals surface area contributed by atoms with E-state index in [4.69, 9.17) is 4.74 Å². The van der Waals surface area contributed by atoms with Gasteiger partial charge in [-0.15, -0.1) is 0 Å². The highest BCUT2D eigenvalue weighted by atomic mass is 32.2. The third-order valence-electron chi connectivity index (χ3n) is 3.67. The van der Waals surface area contributed by atoms with Crippen LogP contribution in [-0.2, 0) is 23.8 Å². The molecule has 0 atom stereocenters. The molecule has 0 heterocycles. The van der Waals surface area contributed by atoms with E-state index in [1.54, 1.807) is 32.9 Å². The Labute approximate surface area is 156 Å². The second-order valence-corrected chi connectivity index (χ2v) is 8.74. The molecule has 0 spiro atoms. The molecule has 10 heteroatoms. The predicted molar refractivity (Wildman–Crippen MR) is 91.6 cm³/mol. The van der Waals surface area contributed by atoms with Gasteiger partial charge in [0.05, 0.1) is 11.5 Å². The van der Waals surface area contributed by atoms with Gasteiger partial charge in [-0.05, 0) is 39.7 Å². The summed E-state index contributed by atoms with van der Waals surface area (Å²) in [6, 6.07) is 0. The van der Waals surface area contributed by atoms with E-state index in [0.29, 0.717) is 6.26 Å². The van der Waals surface area contributed by atoms with Crippen molar-refractivity contribution in [3.05, 3.63) is 36.6 Å². The molecule has 0 bridgehead atoms. The van der Waals surface area contributed by atoms with Gasteiger partial charge in [0.15, 0.2) is 0 Å². The number of aliphatic hydroxyl groups excluding tert-OH is 1. The standard InChI is InChI=1S/C17H23F3O6S/c1-15(2,3)14(22)25-12-16(9-6-13(21)7-10-16)8-4-5-11-26-27(23,24)17(18,19)20/h5-7,9-11,13,21H,4,8,12H2,1-3H3/b11-5-. The van der Waals surface area contributed by atoms with Crippen LogP contribution in [0.15, 0.2) is 36.6 Å². The molecule has 0 amide bonds. The van der Waals surface area contributed by atoms with Gasteiger partial charge in [-0.1, -0.05) is 24.3 Å². The smallest absolute Gasteiger partial charge is 0.464 e. The summed E-state index contributed by atoms with van der Waals surface area (Å²) >= 11 is 0. The quantitative estimate of drug-likeness (QED) is 0.227. The molecule has 1 N–H and O–H groups in total. The molecule has 1 aliphatic carbocycles. The molecule has 0 fully saturated rings. The summed E-state index contributed by atoms with van der Waals surface area (Å²) in [5, 5.41) is 9.53. The second kappa shape index (κ2) is 8.47. The number of hydrogen-bond acceptors (Lipinski definition) is 6. The van der Waals surface area contributed by atoms with E-state index >= 15 is 0 Å². The summed E-state index contributed by atoms with van der Waals surface area (Å²) in [6.07, 6.45) is 7.53. The maximum atomic E-state index is 12.2. The van der Waals surface area contributed by atoms with Crippen molar-refractivity contribution in [1.29, 1.82) is 0 Å². The average molecular weight is 412 g/mol. The van der Waals surface area contributed by atoms with E-state index in [0.717, 1.165) is 6.08 Å². The van der Waals surface area contributed by atoms with E-state index in [1.165, 1.54) is 12.2 Å². The fourth-order valence-electron chi connectivity index (χ4n) is 2.04. The van der Waals surface area contributed by atoms with Crippen molar-refractivity contribution in [3.63, 3.8) is 0 Å². The lowest BCUT2D eigenvalue weighted by atomic mass is 9.80. The number of halogens is 3. The van der Waals surface area contributed by atoms with Crippen molar-refractivity contribution < 1.29 is 40.4 Å². The van der Waals surface area contributed by atoms with E-state index < -0.39 is 38.5 Å². The first-order chi connectivity index (χ1) is 12.2. The third kappa shape index (κ3) is 7.02. The number of alkyl halides is 3. The lowest BCUT2D eigenvalue weighted by Crippen LogP contribution is -2.31. The summed E-state index contributed by atoms with van der Waals surface area (Å²) in [5.41, 5.74) is -6.97. The normalized spacial score (nSPS) is 23.6. The fraction of sp³-hybridized carbons (Fsp3) is 0.588. The Morgan fingerprint density at radius 3 is 2.26 bits per heavy atom. The second-order valence-electron chi connectivity index (χ2n) is 7.17. The maximum absolute atomic E-state index is 12.2.